The highest BCUT2D eigenvalue weighted by Crippen LogP contribution is 2.54. The first-order valence-corrected chi connectivity index (χ1v) is 44.7. The van der Waals surface area contributed by atoms with Gasteiger partial charge in [-0.05, 0) is 99.6 Å². The second-order valence-electron chi connectivity index (χ2n) is 30.8. The first-order chi connectivity index (χ1) is 56.1. The van der Waals surface area contributed by atoms with Crippen LogP contribution in [0, 0.1) is 0 Å². The van der Waals surface area contributed by atoms with Gasteiger partial charge in [-0.2, -0.15) is 0 Å². The number of benzene rings is 6. The van der Waals surface area contributed by atoms with Crippen LogP contribution in [0.3, 0.4) is 0 Å². The maximum atomic E-state index is 15.9. The van der Waals surface area contributed by atoms with Crippen molar-refractivity contribution in [1.29, 1.82) is 0 Å². The minimum absolute atomic E-state index is 0.122. The second-order valence-corrected chi connectivity index (χ2v) is 30.8. The van der Waals surface area contributed by atoms with Gasteiger partial charge in [0, 0.05) is 22.3 Å². The number of carbonyl (C=O) groups excluding carboxylic acids is 4. The molecule has 2 aliphatic carbocycles. The van der Waals surface area contributed by atoms with E-state index >= 15 is 19.2 Å². The van der Waals surface area contributed by atoms with Gasteiger partial charge in [-0.1, -0.05) is 296 Å². The molecule has 0 aliphatic heterocycles. The second kappa shape index (κ2) is 53.0. The monoisotopic (exact) mass is 1570 g/mol. The summed E-state index contributed by atoms with van der Waals surface area (Å²) in [6.07, 6.45) is 35.7. The van der Waals surface area contributed by atoms with Crippen LogP contribution in [-0.4, -0.2) is 89.2 Å². The Kier molecular flexibility index (Phi) is 42.3. The number of ether oxygens (including phenoxy) is 12. The highest BCUT2D eigenvalue weighted by Gasteiger charge is 2.43. The van der Waals surface area contributed by atoms with Crippen LogP contribution >= 0.6 is 0 Å². The van der Waals surface area contributed by atoms with Gasteiger partial charge in [0.05, 0.1) is 88.3 Å². The zero-order valence-electron chi connectivity index (χ0n) is 71.0. The van der Waals surface area contributed by atoms with E-state index in [0.29, 0.717) is 112 Å². The molecule has 6 aromatic rings. The predicted molar refractivity (Wildman–Crippen MR) is 457 cm³/mol. The van der Waals surface area contributed by atoms with Crippen molar-refractivity contribution in [2.75, 3.05) is 66.1 Å². The molecule has 16 nitrogen and oxygen atoms in total. The van der Waals surface area contributed by atoms with Gasteiger partial charge in [0.25, 0.3) is 0 Å². The normalized spacial score (nSPS) is 12.1. The van der Waals surface area contributed by atoms with Crippen molar-refractivity contribution < 1.29 is 76.0 Å². The van der Waals surface area contributed by atoms with Gasteiger partial charge in [-0.15, -0.1) is 0 Å². The van der Waals surface area contributed by atoms with Crippen LogP contribution in [-0.2, 0) is 13.2 Å². The van der Waals surface area contributed by atoms with E-state index in [1.807, 2.05) is 60.7 Å². The summed E-state index contributed by atoms with van der Waals surface area (Å²) in [7, 11) is 0. The fraction of sp³-hybridized carbons (Fsp3) is 0.592. The predicted octanol–water partition coefficient (Wildman–Crippen LogP) is 25.9. The van der Waals surface area contributed by atoms with Gasteiger partial charge < -0.3 is 56.8 Å². The van der Waals surface area contributed by atoms with Crippen molar-refractivity contribution in [3.05, 3.63) is 141 Å². The lowest BCUT2D eigenvalue weighted by molar-refractivity contribution is 0.0968. The van der Waals surface area contributed by atoms with Crippen molar-refractivity contribution in [2.45, 2.75) is 313 Å². The minimum atomic E-state index is -0.401. The quantitative estimate of drug-likeness (QED) is 0.0328. The van der Waals surface area contributed by atoms with E-state index in [1.54, 1.807) is 24.3 Å². The van der Waals surface area contributed by atoms with E-state index in [1.165, 1.54) is 0 Å². The molecule has 114 heavy (non-hydrogen) atoms. The molecule has 0 radical (unpaired) electrons. The average molecular weight is 1570 g/mol. The van der Waals surface area contributed by atoms with E-state index in [0.717, 1.165) is 242 Å². The Bertz CT molecular complexity index is 3580. The Balaban J connectivity index is 1.08. The summed E-state index contributed by atoms with van der Waals surface area (Å²) in [5.41, 5.74) is 2.92. The smallest absolute Gasteiger partial charge is 0.204 e. The highest BCUT2D eigenvalue weighted by atomic mass is 16.6. The number of unbranched alkanes of at least 4 members (excludes halogenated alkanes) is 29. The molecule has 0 heterocycles. The molecule has 626 valence electrons. The van der Waals surface area contributed by atoms with Crippen LogP contribution < -0.4 is 56.8 Å². The molecule has 0 saturated carbocycles. The third-order valence-corrected chi connectivity index (χ3v) is 21.2. The summed E-state index contributed by atoms with van der Waals surface area (Å²) in [4.78, 5) is 63.4. The van der Waals surface area contributed by atoms with Crippen molar-refractivity contribution in [3.63, 3.8) is 0 Å². The van der Waals surface area contributed by atoms with Crippen molar-refractivity contribution in [2.24, 2.45) is 0 Å². The lowest BCUT2D eigenvalue weighted by Gasteiger charge is -2.27. The molecular weight excluding hydrogens is 1430 g/mol. The van der Waals surface area contributed by atoms with Crippen LogP contribution in [0.15, 0.2) is 84.9 Å². The summed E-state index contributed by atoms with van der Waals surface area (Å²) >= 11 is 0. The summed E-state index contributed by atoms with van der Waals surface area (Å²) in [6, 6.07) is 26.3. The minimum Gasteiger partial charge on any atom is -0.490 e. The zero-order chi connectivity index (χ0) is 80.8. The highest BCUT2D eigenvalue weighted by molar-refractivity contribution is 6.32. The molecule has 0 spiro atoms. The Morgan fingerprint density at radius 2 is 0.368 bits per heavy atom. The Morgan fingerprint density at radius 1 is 0.193 bits per heavy atom. The van der Waals surface area contributed by atoms with Crippen LogP contribution in [0.2, 0.25) is 0 Å². The van der Waals surface area contributed by atoms with Crippen LogP contribution in [0.5, 0.6) is 69.0 Å². The molecule has 0 N–H and O–H groups in total. The summed E-state index contributed by atoms with van der Waals surface area (Å²) in [5, 5.41) is 0. The molecule has 8 rings (SSSR count). The molecule has 0 amide bonds. The Morgan fingerprint density at radius 3 is 0.579 bits per heavy atom. The Labute approximate surface area is 683 Å². The van der Waals surface area contributed by atoms with Crippen LogP contribution in [0.1, 0.15) is 374 Å². The van der Waals surface area contributed by atoms with E-state index in [9.17, 15) is 0 Å². The maximum absolute atomic E-state index is 15.9. The molecular formula is C98H138O16. The number of hydrogen-bond acceptors (Lipinski definition) is 16. The standard InChI is InChI=1S/C98H138O16/c1-9-17-25-43-57-103-79-67-75-83(87(99)77-69-81(105-59-45-27-19-11-3)93(109-63-49-31-23-15-7)97(85(77)89(75)101)113-71-73-53-39-37-40-54-73)95(91(79)107-61-47-29-21-13-5)111-65-51-35-33-34-36-52-66-112-96-84-76(68-80(104-58-44-26-18-10-2)92(96)108-62-48-30-22-14-6)90(102)86-78(88(84)100)70-82(106-60-46-28-20-12-4)94(110-64-50-32-24-16-8)98(86)114-72-74-55-41-38-42-56-74/h37-42,53-56,67-70H,9-36,43-52,57-66,71-72H2,1-8H3. The van der Waals surface area contributed by atoms with Gasteiger partial charge in [0.2, 0.25) is 23.0 Å². The number of hydrogen-bond donors (Lipinski definition) is 0. The SMILES string of the molecule is CCCCCCOc1cc2c(c(OCCCCCCCCOc3c(OCCCCCC)c(OCCCCCC)cc4c3C(=O)c3cc(OCCCCCC)c(OCCCCCC)c(OCc5ccccc5)c3C4=O)c1OCCCCCC)C(=O)c1cc(OCCCCCC)c(OCCCCCC)c(OCc3ccccc3)c1C2=O. The molecule has 0 atom stereocenters. The summed E-state index contributed by atoms with van der Waals surface area (Å²) in [6.45, 7) is 21.2. The fourth-order valence-corrected chi connectivity index (χ4v) is 14.5. The van der Waals surface area contributed by atoms with Gasteiger partial charge in [0.15, 0.2) is 69.1 Å². The first kappa shape index (κ1) is 91.1. The maximum Gasteiger partial charge on any atom is 0.204 e. The lowest BCUT2D eigenvalue weighted by atomic mass is 9.82. The summed E-state index contributed by atoms with van der Waals surface area (Å²) in [5.74, 6) is 1.91. The largest absolute Gasteiger partial charge is 0.490 e. The van der Waals surface area contributed by atoms with E-state index in [4.69, 9.17) is 56.8 Å². The van der Waals surface area contributed by atoms with E-state index < -0.39 is 23.1 Å². The number of ketones is 4. The van der Waals surface area contributed by atoms with Gasteiger partial charge in [0.1, 0.15) is 13.2 Å². The van der Waals surface area contributed by atoms with Crippen LogP contribution in [0.25, 0.3) is 0 Å². The van der Waals surface area contributed by atoms with Gasteiger partial charge in [-0.3, -0.25) is 19.2 Å². The van der Waals surface area contributed by atoms with E-state index in [-0.39, 0.29) is 93.9 Å². The third kappa shape index (κ3) is 27.7. The fourth-order valence-electron chi connectivity index (χ4n) is 14.5. The zero-order valence-corrected chi connectivity index (χ0v) is 71.0. The third-order valence-electron chi connectivity index (χ3n) is 21.2. The molecule has 0 unspecified atom stereocenters. The average Bonchev–Trinajstić information content (AvgIpc) is 0.728. The lowest BCUT2D eigenvalue weighted by Crippen LogP contribution is -2.25. The van der Waals surface area contributed by atoms with Crippen molar-refractivity contribution in [1.82, 2.24) is 0 Å². The van der Waals surface area contributed by atoms with Gasteiger partial charge in [-0.25, -0.2) is 0 Å². The van der Waals surface area contributed by atoms with Crippen LogP contribution in [0.4, 0.5) is 0 Å². The van der Waals surface area contributed by atoms with Crippen molar-refractivity contribution >= 4 is 23.1 Å². The molecule has 0 bridgehead atoms. The molecule has 16 heteroatoms. The van der Waals surface area contributed by atoms with Gasteiger partial charge >= 0.3 is 0 Å². The molecule has 6 aromatic carbocycles. The molecule has 2 aliphatic rings. The molecule has 0 fully saturated rings. The summed E-state index contributed by atoms with van der Waals surface area (Å²) < 4.78 is 80.9. The number of rotatable bonds is 65. The van der Waals surface area contributed by atoms with Crippen molar-refractivity contribution in [3.8, 4) is 69.0 Å². The first-order valence-electron chi connectivity index (χ1n) is 44.7. The number of carbonyl (C=O) groups is 4. The molecule has 0 saturated heterocycles. The Hall–Kier alpha value is -8.40. The number of fused-ring (bicyclic) bond motifs is 4. The van der Waals surface area contributed by atoms with E-state index in [2.05, 4.69) is 55.4 Å². The molecule has 0 aromatic heterocycles. The topological polar surface area (TPSA) is 179 Å².